The third-order valence-electron chi connectivity index (χ3n) is 5.35. The second-order valence-corrected chi connectivity index (χ2v) is 7.16. The lowest BCUT2D eigenvalue weighted by Crippen LogP contribution is -2.59. The number of fused-ring (bicyclic) bond motifs is 1. The van der Waals surface area contributed by atoms with Crippen molar-refractivity contribution in [1.29, 1.82) is 0 Å². The summed E-state index contributed by atoms with van der Waals surface area (Å²) >= 11 is 0. The largest absolute Gasteiger partial charge is 0.369 e. The van der Waals surface area contributed by atoms with Gasteiger partial charge in [-0.2, -0.15) is 5.10 Å². The summed E-state index contributed by atoms with van der Waals surface area (Å²) in [6.07, 6.45) is 4.79. The highest BCUT2D eigenvalue weighted by atomic mass is 16.2. The molecule has 1 spiro atoms. The minimum absolute atomic E-state index is 0.00658. The minimum atomic E-state index is -0.629. The molecule has 4 rings (SSSR count). The Kier molecular flexibility index (Phi) is 4.14. The Hall–Kier alpha value is -2.83. The molecule has 2 aromatic rings. The number of carbonyl (C=O) groups is 2. The monoisotopic (exact) mass is 353 g/mol. The van der Waals surface area contributed by atoms with Crippen molar-refractivity contribution in [2.45, 2.75) is 31.8 Å². The van der Waals surface area contributed by atoms with Gasteiger partial charge in [-0.25, -0.2) is 0 Å². The van der Waals surface area contributed by atoms with E-state index in [0.717, 1.165) is 11.4 Å². The summed E-state index contributed by atoms with van der Waals surface area (Å²) in [6.45, 7) is 3.64. The molecule has 1 aromatic heterocycles. The number of anilines is 2. The first-order chi connectivity index (χ1) is 12.6. The van der Waals surface area contributed by atoms with E-state index < -0.39 is 5.54 Å². The van der Waals surface area contributed by atoms with Crippen LogP contribution in [0.4, 0.5) is 11.4 Å². The van der Waals surface area contributed by atoms with E-state index in [2.05, 4.69) is 15.7 Å². The van der Waals surface area contributed by atoms with Crippen LogP contribution in [0.5, 0.6) is 0 Å². The van der Waals surface area contributed by atoms with Gasteiger partial charge in [-0.1, -0.05) is 19.1 Å². The molecule has 0 saturated carbocycles. The van der Waals surface area contributed by atoms with Crippen LogP contribution in [0.25, 0.3) is 0 Å². The minimum Gasteiger partial charge on any atom is -0.369 e. The Morgan fingerprint density at radius 1 is 1.23 bits per heavy atom. The van der Waals surface area contributed by atoms with Gasteiger partial charge in [0.05, 0.1) is 23.8 Å². The molecule has 0 radical (unpaired) electrons. The molecule has 26 heavy (non-hydrogen) atoms. The zero-order valence-corrected chi connectivity index (χ0v) is 14.8. The van der Waals surface area contributed by atoms with E-state index in [1.165, 1.54) is 0 Å². The summed E-state index contributed by atoms with van der Waals surface area (Å²) in [6, 6.07) is 9.57. The van der Waals surface area contributed by atoms with Crippen molar-refractivity contribution in [2.24, 2.45) is 5.92 Å². The Morgan fingerprint density at radius 3 is 2.65 bits per heavy atom. The Morgan fingerprint density at radius 2 is 1.96 bits per heavy atom. The average Bonchev–Trinajstić information content (AvgIpc) is 3.16. The highest BCUT2D eigenvalue weighted by Crippen LogP contribution is 2.36. The highest BCUT2D eigenvalue weighted by Gasteiger charge is 2.45. The predicted octanol–water partition coefficient (Wildman–Crippen LogP) is 1.94. The summed E-state index contributed by atoms with van der Waals surface area (Å²) in [4.78, 5) is 27.3. The van der Waals surface area contributed by atoms with Crippen LogP contribution in [0.2, 0.25) is 0 Å². The number of amides is 2. The number of aromatic nitrogens is 2. The van der Waals surface area contributed by atoms with Crippen molar-refractivity contribution in [3.05, 3.63) is 42.7 Å². The second kappa shape index (κ2) is 6.48. The molecule has 136 valence electrons. The Labute approximate surface area is 152 Å². The molecule has 1 fully saturated rings. The maximum absolute atomic E-state index is 12.7. The molecule has 2 aliphatic heterocycles. The smallest absolute Gasteiger partial charge is 0.250 e. The molecule has 7 heteroatoms. The molecule has 3 heterocycles. The lowest BCUT2D eigenvalue weighted by atomic mass is 9.84. The maximum Gasteiger partial charge on any atom is 0.250 e. The number of nitrogens with zero attached hydrogens (tertiary/aromatic N) is 3. The van der Waals surface area contributed by atoms with Crippen LogP contribution >= 0.6 is 0 Å². The lowest BCUT2D eigenvalue weighted by Gasteiger charge is -2.44. The average molecular weight is 353 g/mol. The standard InChI is InChI=1S/C19H23N5O2/c1-14(13-24-10-4-9-20-24)17(25)23-11-7-19(8-12-23)18(26)21-15-5-2-3-6-16(15)22-19/h2-6,9-10,14,22H,7-8,11-13H2,1H3,(H,21,26)/t14-/m0/s1. The zero-order chi connectivity index (χ0) is 18.1. The number of para-hydroxylation sites is 2. The molecule has 2 N–H and O–H groups in total. The van der Waals surface area contributed by atoms with Crippen LogP contribution in [0.3, 0.4) is 0 Å². The van der Waals surface area contributed by atoms with Crippen molar-refractivity contribution in [3.8, 4) is 0 Å². The Balaban J connectivity index is 1.41. The van der Waals surface area contributed by atoms with E-state index in [-0.39, 0.29) is 17.7 Å². The highest BCUT2D eigenvalue weighted by molar-refractivity contribution is 6.06. The molecule has 1 atom stereocenters. The topological polar surface area (TPSA) is 79.3 Å². The van der Waals surface area contributed by atoms with Crippen molar-refractivity contribution in [2.75, 3.05) is 23.7 Å². The first kappa shape index (κ1) is 16.6. The van der Waals surface area contributed by atoms with E-state index in [1.54, 1.807) is 10.9 Å². The fourth-order valence-corrected chi connectivity index (χ4v) is 3.80. The normalized spacial score (nSPS) is 19.4. The molecule has 2 amide bonds. The van der Waals surface area contributed by atoms with E-state index in [9.17, 15) is 9.59 Å². The zero-order valence-electron chi connectivity index (χ0n) is 14.8. The number of carbonyl (C=O) groups excluding carboxylic acids is 2. The number of nitrogens with one attached hydrogen (secondary N) is 2. The van der Waals surface area contributed by atoms with Crippen LogP contribution in [-0.2, 0) is 16.1 Å². The molecule has 0 bridgehead atoms. The first-order valence-corrected chi connectivity index (χ1v) is 9.02. The van der Waals surface area contributed by atoms with E-state index >= 15 is 0 Å². The maximum atomic E-state index is 12.7. The van der Waals surface area contributed by atoms with Gasteiger partial charge in [-0.05, 0) is 31.0 Å². The number of rotatable bonds is 3. The Bertz CT molecular complexity index is 809. The molecule has 2 aliphatic rings. The summed E-state index contributed by atoms with van der Waals surface area (Å²) < 4.78 is 1.78. The van der Waals surface area contributed by atoms with Crippen LogP contribution < -0.4 is 10.6 Å². The third-order valence-corrected chi connectivity index (χ3v) is 5.35. The van der Waals surface area contributed by atoms with Crippen LogP contribution in [0, 0.1) is 5.92 Å². The van der Waals surface area contributed by atoms with Crippen molar-refractivity contribution in [3.63, 3.8) is 0 Å². The molecule has 0 unspecified atom stereocenters. The van der Waals surface area contributed by atoms with Gasteiger partial charge in [0.1, 0.15) is 5.54 Å². The predicted molar refractivity (Wildman–Crippen MR) is 98.6 cm³/mol. The van der Waals surface area contributed by atoms with Gasteiger partial charge in [0.25, 0.3) is 0 Å². The van der Waals surface area contributed by atoms with Crippen molar-refractivity contribution < 1.29 is 9.59 Å². The molecule has 1 saturated heterocycles. The van der Waals surface area contributed by atoms with Crippen LogP contribution in [-0.4, -0.2) is 45.1 Å². The molecular formula is C19H23N5O2. The number of hydrogen-bond acceptors (Lipinski definition) is 4. The number of likely N-dealkylation sites (tertiary alicyclic amines) is 1. The number of benzene rings is 1. The lowest BCUT2D eigenvalue weighted by molar-refractivity contribution is -0.138. The van der Waals surface area contributed by atoms with E-state index in [1.807, 2.05) is 48.4 Å². The van der Waals surface area contributed by atoms with Gasteiger partial charge in [0.15, 0.2) is 0 Å². The van der Waals surface area contributed by atoms with Gasteiger partial charge in [0, 0.05) is 25.5 Å². The summed E-state index contributed by atoms with van der Waals surface area (Å²) in [7, 11) is 0. The van der Waals surface area contributed by atoms with Gasteiger partial charge < -0.3 is 15.5 Å². The molecule has 0 aliphatic carbocycles. The van der Waals surface area contributed by atoms with E-state index in [0.29, 0.717) is 32.5 Å². The molecular weight excluding hydrogens is 330 g/mol. The van der Waals surface area contributed by atoms with E-state index in [4.69, 9.17) is 0 Å². The van der Waals surface area contributed by atoms with Crippen LogP contribution in [0.15, 0.2) is 42.7 Å². The van der Waals surface area contributed by atoms with Gasteiger partial charge in [0.2, 0.25) is 11.8 Å². The van der Waals surface area contributed by atoms with Crippen molar-refractivity contribution in [1.82, 2.24) is 14.7 Å². The van der Waals surface area contributed by atoms with Crippen LogP contribution in [0.1, 0.15) is 19.8 Å². The third kappa shape index (κ3) is 2.94. The summed E-state index contributed by atoms with van der Waals surface area (Å²) in [5.41, 5.74) is 1.13. The fraction of sp³-hybridized carbons (Fsp3) is 0.421. The SMILES string of the molecule is C[C@@H](Cn1cccn1)C(=O)N1CCC2(CC1)Nc1ccccc1NC2=O. The number of piperidine rings is 1. The van der Waals surface area contributed by atoms with Crippen molar-refractivity contribution >= 4 is 23.2 Å². The molecule has 1 aromatic carbocycles. The number of hydrogen-bond donors (Lipinski definition) is 2. The second-order valence-electron chi connectivity index (χ2n) is 7.16. The summed E-state index contributed by atoms with van der Waals surface area (Å²) in [5, 5.41) is 10.6. The first-order valence-electron chi connectivity index (χ1n) is 9.02. The van der Waals surface area contributed by atoms with Gasteiger partial charge >= 0.3 is 0 Å². The quantitative estimate of drug-likeness (QED) is 0.884. The summed E-state index contributed by atoms with van der Waals surface area (Å²) in [5.74, 6) is -0.0299. The van der Waals surface area contributed by atoms with Gasteiger partial charge in [-0.3, -0.25) is 14.3 Å². The van der Waals surface area contributed by atoms with Gasteiger partial charge in [-0.15, -0.1) is 0 Å². The molecule has 7 nitrogen and oxygen atoms in total. The fourth-order valence-electron chi connectivity index (χ4n) is 3.80.